The van der Waals surface area contributed by atoms with E-state index in [0.29, 0.717) is 29.9 Å². The zero-order valence-electron chi connectivity index (χ0n) is 19.5. The summed E-state index contributed by atoms with van der Waals surface area (Å²) >= 11 is 0. The van der Waals surface area contributed by atoms with Crippen LogP contribution in [0.4, 0.5) is 17.1 Å². The fourth-order valence-electron chi connectivity index (χ4n) is 4.50. The van der Waals surface area contributed by atoms with Crippen molar-refractivity contribution in [3.05, 3.63) is 79.1 Å². The molecule has 0 radical (unpaired) electrons. The Hall–Kier alpha value is -4.20. The third-order valence-electron chi connectivity index (χ3n) is 6.30. The average molecular weight is 469 g/mol. The first-order valence-corrected chi connectivity index (χ1v) is 12.0. The maximum Gasteiger partial charge on any atom is 0.255 e. The van der Waals surface area contributed by atoms with Gasteiger partial charge in [-0.15, -0.1) is 0 Å². The van der Waals surface area contributed by atoms with E-state index in [1.54, 1.807) is 49.2 Å². The molecule has 8 heteroatoms. The quantitative estimate of drug-likeness (QED) is 0.410. The van der Waals surface area contributed by atoms with Gasteiger partial charge in [-0.2, -0.15) is 0 Å². The number of nitrogens with one attached hydrogen (secondary N) is 2. The van der Waals surface area contributed by atoms with Crippen molar-refractivity contribution in [1.82, 2.24) is 14.5 Å². The lowest BCUT2D eigenvalue weighted by molar-refractivity contribution is -0.116. The zero-order chi connectivity index (χ0) is 24.0. The van der Waals surface area contributed by atoms with E-state index in [4.69, 9.17) is 0 Å². The van der Waals surface area contributed by atoms with Crippen molar-refractivity contribution in [3.63, 3.8) is 0 Å². The van der Waals surface area contributed by atoms with Crippen LogP contribution in [0.25, 0.3) is 10.8 Å². The van der Waals surface area contributed by atoms with Crippen LogP contribution in [0.1, 0.15) is 36.0 Å². The number of imidazole rings is 1. The first-order valence-electron chi connectivity index (χ1n) is 12.0. The lowest BCUT2D eigenvalue weighted by Crippen LogP contribution is -2.29. The Morgan fingerprint density at radius 1 is 0.914 bits per heavy atom. The van der Waals surface area contributed by atoms with Gasteiger partial charge in [-0.25, -0.2) is 4.98 Å². The maximum absolute atomic E-state index is 13.1. The molecule has 2 amide bonds. The number of rotatable bonds is 7. The molecule has 1 saturated heterocycles. The molecule has 2 aromatic carbocycles. The summed E-state index contributed by atoms with van der Waals surface area (Å²) in [6.45, 7) is 2.63. The summed E-state index contributed by atoms with van der Waals surface area (Å²) in [5.74, 6) is -0.364. The number of aromatic nitrogens is 3. The fraction of sp³-hybridized carbons (Fsp3) is 0.259. The van der Waals surface area contributed by atoms with Gasteiger partial charge in [0.25, 0.3) is 5.91 Å². The molecule has 2 aromatic heterocycles. The number of fused-ring (bicyclic) bond motifs is 1. The molecule has 35 heavy (non-hydrogen) atoms. The van der Waals surface area contributed by atoms with Crippen molar-refractivity contribution >= 4 is 39.6 Å². The number of carbonyl (C=O) groups is 2. The highest BCUT2D eigenvalue weighted by molar-refractivity contribution is 6.11. The number of hydrogen-bond acceptors (Lipinski definition) is 5. The minimum Gasteiger partial charge on any atom is -0.371 e. The number of hydrogen-bond donors (Lipinski definition) is 2. The standard InChI is InChI=1S/C27H28N6O2/c34-26(10-15-32-16-12-29-19-32)30-21-6-4-5-20(17-21)27(35)31-24-7-8-25(33-13-2-1-3-14-33)22-9-11-28-18-23(22)24/h4-9,11-12,16-19H,1-3,10,13-15H2,(H,30,34)(H,31,35). The van der Waals surface area contributed by atoms with E-state index in [-0.39, 0.29) is 11.8 Å². The minimum atomic E-state index is -0.240. The topological polar surface area (TPSA) is 92.1 Å². The van der Waals surface area contributed by atoms with Crippen LogP contribution in [0.5, 0.6) is 0 Å². The van der Waals surface area contributed by atoms with E-state index in [0.717, 1.165) is 23.9 Å². The number of aryl methyl sites for hydroxylation is 1. The van der Waals surface area contributed by atoms with Crippen LogP contribution < -0.4 is 15.5 Å². The van der Waals surface area contributed by atoms with E-state index in [9.17, 15) is 9.59 Å². The number of benzene rings is 2. The summed E-state index contributed by atoms with van der Waals surface area (Å²) < 4.78 is 1.85. The van der Waals surface area contributed by atoms with Crippen LogP contribution in [0.3, 0.4) is 0 Å². The Labute approximate surface area is 204 Å². The van der Waals surface area contributed by atoms with Gasteiger partial charge in [0.1, 0.15) is 0 Å². The minimum absolute atomic E-state index is 0.123. The molecular weight excluding hydrogens is 440 g/mol. The van der Waals surface area contributed by atoms with Gasteiger partial charge in [0.15, 0.2) is 0 Å². The highest BCUT2D eigenvalue weighted by Crippen LogP contribution is 2.33. The Morgan fingerprint density at radius 3 is 2.63 bits per heavy atom. The molecule has 1 fully saturated rings. The Bertz CT molecular complexity index is 1330. The van der Waals surface area contributed by atoms with Gasteiger partial charge in [-0.1, -0.05) is 6.07 Å². The molecule has 4 aromatic rings. The molecule has 3 heterocycles. The molecule has 1 aliphatic rings. The molecule has 8 nitrogen and oxygen atoms in total. The van der Waals surface area contributed by atoms with E-state index >= 15 is 0 Å². The number of amides is 2. The Kier molecular flexibility index (Phi) is 6.70. The SMILES string of the molecule is O=C(CCn1ccnc1)Nc1cccc(C(=O)Nc2ccc(N3CCCCC3)c3ccncc23)c1. The van der Waals surface area contributed by atoms with Crippen LogP contribution in [-0.4, -0.2) is 39.4 Å². The van der Waals surface area contributed by atoms with Gasteiger partial charge in [0, 0.05) is 78.6 Å². The molecule has 0 atom stereocenters. The number of nitrogens with zero attached hydrogens (tertiary/aromatic N) is 4. The normalized spacial score (nSPS) is 13.5. The van der Waals surface area contributed by atoms with Gasteiger partial charge in [0.2, 0.25) is 5.91 Å². The van der Waals surface area contributed by atoms with Crippen LogP contribution in [0, 0.1) is 0 Å². The first kappa shape index (κ1) is 22.6. The van der Waals surface area contributed by atoms with Crippen LogP contribution in [0.2, 0.25) is 0 Å². The number of pyridine rings is 1. The molecule has 1 aliphatic heterocycles. The Balaban J connectivity index is 1.30. The monoisotopic (exact) mass is 468 g/mol. The molecule has 5 rings (SSSR count). The Morgan fingerprint density at radius 2 is 1.80 bits per heavy atom. The highest BCUT2D eigenvalue weighted by Gasteiger charge is 2.16. The molecule has 0 bridgehead atoms. The maximum atomic E-state index is 13.1. The molecule has 0 spiro atoms. The smallest absolute Gasteiger partial charge is 0.255 e. The third kappa shape index (κ3) is 5.32. The number of carbonyl (C=O) groups excluding carboxylic acids is 2. The van der Waals surface area contributed by atoms with Crippen molar-refractivity contribution in [2.75, 3.05) is 28.6 Å². The lowest BCUT2D eigenvalue weighted by atomic mass is 10.0. The van der Waals surface area contributed by atoms with E-state index < -0.39 is 0 Å². The predicted octanol–water partition coefficient (Wildman–Crippen LogP) is 4.70. The second kappa shape index (κ2) is 10.4. The first-order chi connectivity index (χ1) is 17.2. The van der Waals surface area contributed by atoms with Gasteiger partial charge in [-0.05, 0) is 55.7 Å². The summed E-state index contributed by atoms with van der Waals surface area (Å²) in [7, 11) is 0. The highest BCUT2D eigenvalue weighted by atomic mass is 16.2. The van der Waals surface area contributed by atoms with Gasteiger partial charge in [-0.3, -0.25) is 14.6 Å². The van der Waals surface area contributed by atoms with Crippen LogP contribution in [0.15, 0.2) is 73.6 Å². The summed E-state index contributed by atoms with van der Waals surface area (Å²) in [5.41, 5.74) is 2.95. The molecule has 2 N–H and O–H groups in total. The van der Waals surface area contributed by atoms with Crippen LogP contribution in [-0.2, 0) is 11.3 Å². The van der Waals surface area contributed by atoms with Crippen molar-refractivity contribution in [1.29, 1.82) is 0 Å². The second-order valence-electron chi connectivity index (χ2n) is 8.73. The summed E-state index contributed by atoms with van der Waals surface area (Å²) in [4.78, 5) is 36.1. The molecular formula is C27H28N6O2. The summed E-state index contributed by atoms with van der Waals surface area (Å²) in [6.07, 6.45) is 12.7. The van der Waals surface area contributed by atoms with Crippen molar-refractivity contribution in [2.24, 2.45) is 0 Å². The lowest BCUT2D eigenvalue weighted by Gasteiger charge is -2.30. The second-order valence-corrected chi connectivity index (χ2v) is 8.73. The van der Waals surface area contributed by atoms with Gasteiger partial charge < -0.3 is 20.1 Å². The molecule has 0 saturated carbocycles. The third-order valence-corrected chi connectivity index (χ3v) is 6.30. The van der Waals surface area contributed by atoms with E-state index in [1.807, 2.05) is 22.9 Å². The van der Waals surface area contributed by atoms with Crippen molar-refractivity contribution in [3.8, 4) is 0 Å². The van der Waals surface area contributed by atoms with Crippen molar-refractivity contribution in [2.45, 2.75) is 32.2 Å². The van der Waals surface area contributed by atoms with E-state index in [1.165, 1.54) is 24.9 Å². The van der Waals surface area contributed by atoms with Crippen molar-refractivity contribution < 1.29 is 9.59 Å². The van der Waals surface area contributed by atoms with E-state index in [2.05, 4.69) is 31.6 Å². The number of piperidine rings is 1. The zero-order valence-corrected chi connectivity index (χ0v) is 19.5. The molecule has 0 unspecified atom stereocenters. The summed E-state index contributed by atoms with van der Waals surface area (Å²) in [6, 6.07) is 13.0. The predicted molar refractivity (Wildman–Crippen MR) is 138 cm³/mol. The molecule has 178 valence electrons. The fourth-order valence-corrected chi connectivity index (χ4v) is 4.50. The van der Waals surface area contributed by atoms with Crippen LogP contribution >= 0.6 is 0 Å². The number of anilines is 3. The largest absolute Gasteiger partial charge is 0.371 e. The van der Waals surface area contributed by atoms with Gasteiger partial charge in [0.05, 0.1) is 12.0 Å². The average Bonchev–Trinajstić information content (AvgIpc) is 3.42. The van der Waals surface area contributed by atoms with Gasteiger partial charge >= 0.3 is 0 Å². The molecule has 0 aliphatic carbocycles. The summed E-state index contributed by atoms with van der Waals surface area (Å²) in [5, 5.41) is 7.90.